The van der Waals surface area contributed by atoms with Gasteiger partial charge in [0.25, 0.3) is 5.91 Å². The van der Waals surface area contributed by atoms with E-state index in [-0.39, 0.29) is 5.91 Å². The van der Waals surface area contributed by atoms with Crippen LogP contribution in [0.25, 0.3) is 0 Å². The fourth-order valence-corrected chi connectivity index (χ4v) is 2.75. The zero-order valence-electron chi connectivity index (χ0n) is 13.8. The summed E-state index contributed by atoms with van der Waals surface area (Å²) in [4.78, 5) is 14.7. The van der Waals surface area contributed by atoms with Crippen molar-refractivity contribution in [3.63, 3.8) is 0 Å². The van der Waals surface area contributed by atoms with Gasteiger partial charge in [0.05, 0.1) is 6.61 Å². The Labute approximate surface area is 140 Å². The molecule has 0 spiro atoms. The number of nitrogens with zero attached hydrogens (tertiary/aromatic N) is 3. The van der Waals surface area contributed by atoms with Crippen molar-refractivity contribution < 1.29 is 14.2 Å². The molecular weight excluding hydrogens is 308 g/mol. The Morgan fingerprint density at radius 3 is 2.96 bits per heavy atom. The van der Waals surface area contributed by atoms with Gasteiger partial charge < -0.3 is 10.1 Å². The maximum absolute atomic E-state index is 12.4. The molecule has 7 nitrogen and oxygen atoms in total. The summed E-state index contributed by atoms with van der Waals surface area (Å²) in [6, 6.07) is 10.2. The Morgan fingerprint density at radius 1 is 1.33 bits per heavy atom. The number of anilines is 1. The highest BCUT2D eigenvalue weighted by Gasteiger charge is 2.28. The summed E-state index contributed by atoms with van der Waals surface area (Å²) in [6.07, 6.45) is 1.10. The van der Waals surface area contributed by atoms with Crippen molar-refractivity contribution in [2.24, 2.45) is 0 Å². The molecule has 1 fully saturated rings. The predicted octanol–water partition coefficient (Wildman–Crippen LogP) is 1.86. The predicted molar refractivity (Wildman–Crippen MR) is 88.4 cm³/mol. The molecule has 1 aromatic carbocycles. The highest BCUT2D eigenvalue weighted by atomic mass is 16.6. The summed E-state index contributed by atoms with van der Waals surface area (Å²) in [5.74, 6) is 0.187. The molecule has 24 heavy (non-hydrogen) atoms. The van der Waals surface area contributed by atoms with Crippen LogP contribution < -0.4 is 5.32 Å². The first-order valence-electron chi connectivity index (χ1n) is 8.26. The molecule has 1 saturated heterocycles. The lowest BCUT2D eigenvalue weighted by Crippen LogP contribution is -2.47. The standard InChI is InChI=1S/C17H22N4O3/c1-2-6-14-16(20-24-19-14)18-17(22)15-12-21(9-10-23-15)11-13-7-4-3-5-8-13/h3-5,7-8,15H,2,6,9-12H2,1H3,(H,18,20,22)/t15-/m1/s1. The molecule has 0 unspecified atom stereocenters. The lowest BCUT2D eigenvalue weighted by molar-refractivity contribution is -0.133. The van der Waals surface area contributed by atoms with E-state index in [0.717, 1.165) is 19.5 Å². The Hall–Kier alpha value is -2.25. The van der Waals surface area contributed by atoms with Crippen LogP contribution in [0.3, 0.4) is 0 Å². The second-order valence-electron chi connectivity index (χ2n) is 5.88. The maximum atomic E-state index is 12.4. The Balaban J connectivity index is 1.57. The molecule has 1 N–H and O–H groups in total. The third kappa shape index (κ3) is 4.18. The summed E-state index contributed by atoms with van der Waals surface area (Å²) < 4.78 is 10.3. The minimum absolute atomic E-state index is 0.208. The molecule has 0 bridgehead atoms. The summed E-state index contributed by atoms with van der Waals surface area (Å²) in [6.45, 7) is 4.73. The number of nitrogens with one attached hydrogen (secondary N) is 1. The number of aromatic nitrogens is 2. The molecule has 1 aromatic heterocycles. The third-order valence-corrected chi connectivity index (χ3v) is 3.98. The van der Waals surface area contributed by atoms with Gasteiger partial charge in [0.15, 0.2) is 0 Å². The fourth-order valence-electron chi connectivity index (χ4n) is 2.75. The van der Waals surface area contributed by atoms with Crippen molar-refractivity contribution in [2.45, 2.75) is 32.4 Å². The number of hydrogen-bond acceptors (Lipinski definition) is 6. The van der Waals surface area contributed by atoms with Crippen LogP contribution in [0.4, 0.5) is 5.82 Å². The molecule has 3 rings (SSSR count). The van der Waals surface area contributed by atoms with Crippen LogP contribution in [0.1, 0.15) is 24.6 Å². The van der Waals surface area contributed by atoms with E-state index < -0.39 is 6.10 Å². The SMILES string of the molecule is CCCc1nonc1NC(=O)[C@H]1CN(Cc2ccccc2)CCO1. The van der Waals surface area contributed by atoms with Gasteiger partial charge in [-0.3, -0.25) is 9.69 Å². The van der Waals surface area contributed by atoms with Crippen molar-refractivity contribution in [3.05, 3.63) is 41.6 Å². The zero-order valence-corrected chi connectivity index (χ0v) is 13.8. The van der Waals surface area contributed by atoms with Gasteiger partial charge in [-0.25, -0.2) is 4.63 Å². The van der Waals surface area contributed by atoms with Gasteiger partial charge in [0.1, 0.15) is 11.8 Å². The Bertz CT molecular complexity index is 659. The van der Waals surface area contributed by atoms with E-state index in [1.54, 1.807) is 0 Å². The molecule has 0 radical (unpaired) electrons. The average molecular weight is 330 g/mol. The molecule has 1 aliphatic rings. The van der Waals surface area contributed by atoms with Gasteiger partial charge in [-0.1, -0.05) is 48.8 Å². The molecule has 2 heterocycles. The van der Waals surface area contributed by atoms with E-state index in [0.29, 0.717) is 31.1 Å². The van der Waals surface area contributed by atoms with Gasteiger partial charge in [0, 0.05) is 19.6 Å². The monoisotopic (exact) mass is 330 g/mol. The van der Waals surface area contributed by atoms with Gasteiger partial charge in [-0.05, 0) is 17.1 Å². The fraction of sp³-hybridized carbons (Fsp3) is 0.471. The summed E-state index contributed by atoms with van der Waals surface area (Å²) >= 11 is 0. The van der Waals surface area contributed by atoms with E-state index >= 15 is 0 Å². The van der Waals surface area contributed by atoms with E-state index in [4.69, 9.17) is 9.37 Å². The first kappa shape index (κ1) is 16.6. The van der Waals surface area contributed by atoms with Crippen LogP contribution in [-0.2, 0) is 22.5 Å². The molecule has 1 atom stereocenters. The van der Waals surface area contributed by atoms with Crippen LogP contribution >= 0.6 is 0 Å². The van der Waals surface area contributed by atoms with Gasteiger partial charge in [-0.2, -0.15) is 0 Å². The molecule has 1 amide bonds. The van der Waals surface area contributed by atoms with E-state index in [1.165, 1.54) is 5.56 Å². The quantitative estimate of drug-likeness (QED) is 0.871. The van der Waals surface area contributed by atoms with E-state index in [1.807, 2.05) is 25.1 Å². The number of carbonyl (C=O) groups excluding carboxylic acids is 1. The number of rotatable bonds is 6. The van der Waals surface area contributed by atoms with Crippen LogP contribution in [0, 0.1) is 0 Å². The molecule has 128 valence electrons. The highest BCUT2D eigenvalue weighted by Crippen LogP contribution is 2.15. The summed E-state index contributed by atoms with van der Waals surface area (Å²) in [5, 5.41) is 10.4. The number of morpholine rings is 1. The van der Waals surface area contributed by atoms with Crippen LogP contribution in [0.15, 0.2) is 35.0 Å². The van der Waals surface area contributed by atoms with Crippen molar-refractivity contribution in [1.82, 2.24) is 15.2 Å². The van der Waals surface area contributed by atoms with E-state index in [2.05, 4.69) is 32.7 Å². The number of aryl methyl sites for hydroxylation is 1. The largest absolute Gasteiger partial charge is 0.366 e. The Kier molecular flexibility index (Phi) is 5.55. The van der Waals surface area contributed by atoms with Gasteiger partial charge in [-0.15, -0.1) is 0 Å². The first-order chi connectivity index (χ1) is 11.8. The van der Waals surface area contributed by atoms with Crippen LogP contribution in [0.5, 0.6) is 0 Å². The zero-order chi connectivity index (χ0) is 16.8. The molecular formula is C17H22N4O3. The summed E-state index contributed by atoms with van der Waals surface area (Å²) in [7, 11) is 0. The summed E-state index contributed by atoms with van der Waals surface area (Å²) in [5.41, 5.74) is 1.90. The van der Waals surface area contributed by atoms with Crippen molar-refractivity contribution in [2.75, 3.05) is 25.0 Å². The number of carbonyl (C=O) groups is 1. The average Bonchev–Trinajstić information content (AvgIpc) is 3.03. The molecule has 1 aliphatic heterocycles. The van der Waals surface area contributed by atoms with Gasteiger partial charge >= 0.3 is 0 Å². The second kappa shape index (κ2) is 8.03. The number of ether oxygens (including phenoxy) is 1. The maximum Gasteiger partial charge on any atom is 0.256 e. The second-order valence-corrected chi connectivity index (χ2v) is 5.88. The molecule has 2 aromatic rings. The van der Waals surface area contributed by atoms with Crippen LogP contribution in [-0.4, -0.2) is 46.9 Å². The van der Waals surface area contributed by atoms with Crippen molar-refractivity contribution >= 4 is 11.7 Å². The minimum atomic E-state index is -0.520. The minimum Gasteiger partial charge on any atom is -0.366 e. The van der Waals surface area contributed by atoms with E-state index in [9.17, 15) is 4.79 Å². The third-order valence-electron chi connectivity index (χ3n) is 3.98. The normalized spacial score (nSPS) is 18.5. The highest BCUT2D eigenvalue weighted by molar-refractivity contribution is 5.93. The smallest absolute Gasteiger partial charge is 0.256 e. The lowest BCUT2D eigenvalue weighted by atomic mass is 10.2. The van der Waals surface area contributed by atoms with Gasteiger partial charge in [0.2, 0.25) is 5.82 Å². The molecule has 0 saturated carbocycles. The molecule has 0 aliphatic carbocycles. The Morgan fingerprint density at radius 2 is 2.17 bits per heavy atom. The number of hydrogen-bond donors (Lipinski definition) is 1. The molecule has 7 heteroatoms. The van der Waals surface area contributed by atoms with Crippen molar-refractivity contribution in [1.29, 1.82) is 0 Å². The lowest BCUT2D eigenvalue weighted by Gasteiger charge is -2.32. The number of benzene rings is 1. The number of amides is 1. The van der Waals surface area contributed by atoms with Crippen LogP contribution in [0.2, 0.25) is 0 Å². The topological polar surface area (TPSA) is 80.5 Å². The van der Waals surface area contributed by atoms with Crippen molar-refractivity contribution in [3.8, 4) is 0 Å². The first-order valence-corrected chi connectivity index (χ1v) is 8.26.